The summed E-state index contributed by atoms with van der Waals surface area (Å²) in [6.45, 7) is 0. The number of aliphatic carboxylic acids is 1. The molecule has 1 heterocycles. The van der Waals surface area contributed by atoms with Gasteiger partial charge < -0.3 is 5.11 Å². The summed E-state index contributed by atoms with van der Waals surface area (Å²) in [7, 11) is 0. The van der Waals surface area contributed by atoms with Crippen molar-refractivity contribution in [3.05, 3.63) is 34.6 Å². The molecule has 0 aliphatic carbocycles. The van der Waals surface area contributed by atoms with Crippen molar-refractivity contribution in [2.75, 3.05) is 0 Å². The highest BCUT2D eigenvalue weighted by atomic mass is 79.9. The van der Waals surface area contributed by atoms with Crippen molar-refractivity contribution < 1.29 is 9.90 Å². The predicted octanol–water partition coefficient (Wildman–Crippen LogP) is 2.25. The number of aryl methyl sites for hydroxylation is 1. The maximum atomic E-state index is 10.4. The zero-order chi connectivity index (χ0) is 12.3. The lowest BCUT2D eigenvalue weighted by atomic mass is 10.2. The van der Waals surface area contributed by atoms with Crippen molar-refractivity contribution >= 4 is 21.9 Å². The fourth-order valence-corrected chi connectivity index (χ4v) is 1.62. The van der Waals surface area contributed by atoms with Crippen LogP contribution in [-0.2, 0) is 11.2 Å². The van der Waals surface area contributed by atoms with Crippen LogP contribution in [0, 0.1) is 0 Å². The van der Waals surface area contributed by atoms with Crippen LogP contribution in [0.1, 0.15) is 12.2 Å². The van der Waals surface area contributed by atoms with Gasteiger partial charge in [-0.2, -0.15) is 5.10 Å². The molecule has 1 aromatic carbocycles. The first kappa shape index (κ1) is 11.8. The van der Waals surface area contributed by atoms with E-state index in [1.807, 2.05) is 24.3 Å². The highest BCUT2D eigenvalue weighted by Gasteiger charge is 2.07. The summed E-state index contributed by atoms with van der Waals surface area (Å²) in [5, 5.41) is 15.3. The van der Waals surface area contributed by atoms with E-state index in [4.69, 9.17) is 5.11 Å². The van der Waals surface area contributed by atoms with Crippen LogP contribution in [0.3, 0.4) is 0 Å². The monoisotopic (exact) mass is 295 g/mol. The first-order chi connectivity index (χ1) is 8.15. The number of nitrogens with one attached hydrogen (secondary N) is 1. The Morgan fingerprint density at radius 2 is 2.06 bits per heavy atom. The van der Waals surface area contributed by atoms with E-state index < -0.39 is 5.97 Å². The minimum Gasteiger partial charge on any atom is -0.481 e. The number of nitrogens with zero attached hydrogens (tertiary/aromatic N) is 2. The van der Waals surface area contributed by atoms with Crippen LogP contribution in [0.2, 0.25) is 0 Å². The molecule has 0 atom stereocenters. The number of aromatic amines is 1. The molecule has 0 bridgehead atoms. The number of hydrogen-bond donors (Lipinski definition) is 2. The lowest BCUT2D eigenvalue weighted by molar-refractivity contribution is -0.137. The molecule has 0 unspecified atom stereocenters. The summed E-state index contributed by atoms with van der Waals surface area (Å²) < 4.78 is 0.989. The number of rotatable bonds is 4. The second-order valence-electron chi connectivity index (χ2n) is 3.51. The van der Waals surface area contributed by atoms with E-state index in [0.717, 1.165) is 10.0 Å². The van der Waals surface area contributed by atoms with Crippen LogP contribution in [0.4, 0.5) is 0 Å². The van der Waals surface area contributed by atoms with Gasteiger partial charge in [0.15, 0.2) is 5.82 Å². The van der Waals surface area contributed by atoms with Gasteiger partial charge in [0, 0.05) is 16.5 Å². The van der Waals surface area contributed by atoms with E-state index >= 15 is 0 Å². The Morgan fingerprint density at radius 1 is 1.35 bits per heavy atom. The largest absolute Gasteiger partial charge is 0.481 e. The van der Waals surface area contributed by atoms with Gasteiger partial charge in [-0.05, 0) is 12.1 Å². The van der Waals surface area contributed by atoms with Gasteiger partial charge in [-0.1, -0.05) is 28.1 Å². The summed E-state index contributed by atoms with van der Waals surface area (Å²) in [5.74, 6) is 0.329. The van der Waals surface area contributed by atoms with Crippen molar-refractivity contribution in [1.29, 1.82) is 0 Å². The quantitative estimate of drug-likeness (QED) is 0.907. The molecule has 2 aromatic rings. The summed E-state index contributed by atoms with van der Waals surface area (Å²) in [6.07, 6.45) is 0.411. The topological polar surface area (TPSA) is 78.9 Å². The van der Waals surface area contributed by atoms with Crippen molar-refractivity contribution in [3.8, 4) is 11.4 Å². The Kier molecular flexibility index (Phi) is 3.53. The normalized spacial score (nSPS) is 10.4. The number of benzene rings is 1. The SMILES string of the molecule is O=C(O)CCc1nc(-c2ccc(Br)cc2)n[nH]1. The molecular formula is C11H10BrN3O2. The molecule has 0 saturated carbocycles. The van der Waals surface area contributed by atoms with E-state index in [1.54, 1.807) is 0 Å². The zero-order valence-corrected chi connectivity index (χ0v) is 10.4. The van der Waals surface area contributed by atoms with Crippen LogP contribution in [-0.4, -0.2) is 26.3 Å². The number of carboxylic acids is 1. The molecular weight excluding hydrogens is 286 g/mol. The smallest absolute Gasteiger partial charge is 0.303 e. The molecule has 5 nitrogen and oxygen atoms in total. The molecule has 1 aromatic heterocycles. The number of carboxylic acid groups (broad SMARTS) is 1. The molecule has 0 spiro atoms. The van der Waals surface area contributed by atoms with E-state index in [9.17, 15) is 4.79 Å². The fraction of sp³-hybridized carbons (Fsp3) is 0.182. The summed E-state index contributed by atoms with van der Waals surface area (Å²) in [4.78, 5) is 14.7. The highest BCUT2D eigenvalue weighted by Crippen LogP contribution is 2.18. The zero-order valence-electron chi connectivity index (χ0n) is 8.85. The maximum absolute atomic E-state index is 10.4. The highest BCUT2D eigenvalue weighted by molar-refractivity contribution is 9.10. The Labute approximate surface area is 106 Å². The van der Waals surface area contributed by atoms with E-state index in [-0.39, 0.29) is 6.42 Å². The molecule has 0 radical (unpaired) electrons. The molecule has 0 saturated heterocycles. The summed E-state index contributed by atoms with van der Waals surface area (Å²) in [5.41, 5.74) is 0.894. The molecule has 0 fully saturated rings. The van der Waals surface area contributed by atoms with Crippen molar-refractivity contribution in [2.24, 2.45) is 0 Å². The van der Waals surface area contributed by atoms with Gasteiger partial charge in [-0.3, -0.25) is 9.89 Å². The van der Waals surface area contributed by atoms with Crippen molar-refractivity contribution in [3.63, 3.8) is 0 Å². The third-order valence-electron chi connectivity index (χ3n) is 2.21. The van der Waals surface area contributed by atoms with Crippen LogP contribution in [0.15, 0.2) is 28.7 Å². The van der Waals surface area contributed by atoms with Gasteiger partial charge in [0.2, 0.25) is 0 Å². The van der Waals surface area contributed by atoms with Gasteiger partial charge in [0.05, 0.1) is 6.42 Å². The number of hydrogen-bond acceptors (Lipinski definition) is 3. The second kappa shape index (κ2) is 5.09. The van der Waals surface area contributed by atoms with Crippen LogP contribution < -0.4 is 0 Å². The van der Waals surface area contributed by atoms with E-state index in [1.165, 1.54) is 0 Å². The van der Waals surface area contributed by atoms with Crippen LogP contribution >= 0.6 is 15.9 Å². The standard InChI is InChI=1S/C11H10BrN3O2/c12-8-3-1-7(2-4-8)11-13-9(14-15-11)5-6-10(16)17/h1-4H,5-6H2,(H,16,17)(H,13,14,15). The second-order valence-corrected chi connectivity index (χ2v) is 4.42. The molecule has 0 aliphatic heterocycles. The molecule has 0 amide bonds. The predicted molar refractivity (Wildman–Crippen MR) is 65.5 cm³/mol. The number of carbonyl (C=O) groups is 1. The van der Waals surface area contributed by atoms with E-state index in [2.05, 4.69) is 31.1 Å². The van der Waals surface area contributed by atoms with Crippen molar-refractivity contribution in [1.82, 2.24) is 15.2 Å². The van der Waals surface area contributed by atoms with Gasteiger partial charge in [-0.15, -0.1) is 0 Å². The summed E-state index contributed by atoms with van der Waals surface area (Å²) in [6, 6.07) is 7.60. The van der Waals surface area contributed by atoms with E-state index in [0.29, 0.717) is 18.1 Å². The average molecular weight is 296 g/mol. The lowest BCUT2D eigenvalue weighted by Gasteiger charge is -1.94. The first-order valence-corrected chi connectivity index (χ1v) is 5.83. The first-order valence-electron chi connectivity index (χ1n) is 5.04. The van der Waals surface area contributed by atoms with Gasteiger partial charge in [-0.25, -0.2) is 4.98 Å². The number of H-pyrrole nitrogens is 1. The Bertz CT molecular complexity index is 522. The Balaban J connectivity index is 2.12. The average Bonchev–Trinajstić information content (AvgIpc) is 2.76. The Morgan fingerprint density at radius 3 is 2.71 bits per heavy atom. The minimum atomic E-state index is -0.841. The van der Waals surface area contributed by atoms with Crippen molar-refractivity contribution in [2.45, 2.75) is 12.8 Å². The Hall–Kier alpha value is -1.69. The number of halogens is 1. The molecule has 2 N–H and O–H groups in total. The molecule has 6 heteroatoms. The fourth-order valence-electron chi connectivity index (χ4n) is 1.36. The lowest BCUT2D eigenvalue weighted by Crippen LogP contribution is -1.98. The van der Waals surface area contributed by atoms with Gasteiger partial charge in [0.1, 0.15) is 5.82 Å². The maximum Gasteiger partial charge on any atom is 0.303 e. The van der Waals surface area contributed by atoms with Crippen LogP contribution in [0.5, 0.6) is 0 Å². The molecule has 0 aliphatic rings. The summed E-state index contributed by atoms with van der Waals surface area (Å²) >= 11 is 3.35. The molecule has 17 heavy (non-hydrogen) atoms. The number of aromatic nitrogens is 3. The van der Waals surface area contributed by atoms with Gasteiger partial charge >= 0.3 is 5.97 Å². The molecule has 88 valence electrons. The third-order valence-corrected chi connectivity index (χ3v) is 2.74. The van der Waals surface area contributed by atoms with Gasteiger partial charge in [0.25, 0.3) is 0 Å². The molecule has 2 rings (SSSR count). The minimum absolute atomic E-state index is 0.0506. The van der Waals surface area contributed by atoms with Crippen LogP contribution in [0.25, 0.3) is 11.4 Å². The third kappa shape index (κ3) is 3.13.